The molecule has 0 atom stereocenters. The molecule has 2 amide bonds. The molecule has 29 heavy (non-hydrogen) atoms. The normalized spacial score (nSPS) is 19.3. The third-order valence-corrected chi connectivity index (χ3v) is 5.71. The van der Waals surface area contributed by atoms with Gasteiger partial charge in [0.2, 0.25) is 5.91 Å². The lowest BCUT2D eigenvalue weighted by Crippen LogP contribution is -2.51. The first-order valence-corrected chi connectivity index (χ1v) is 10.8. The summed E-state index contributed by atoms with van der Waals surface area (Å²) < 4.78 is 5.44. The topological polar surface area (TPSA) is 53.1 Å². The molecule has 160 valence electrons. The smallest absolute Gasteiger partial charge is 0.410 e. The zero-order chi connectivity index (χ0) is 21.0. The van der Waals surface area contributed by atoms with Crippen LogP contribution in [0.25, 0.3) is 0 Å². The summed E-state index contributed by atoms with van der Waals surface area (Å²) in [6.45, 7) is 10.9. The highest BCUT2D eigenvalue weighted by molar-refractivity contribution is 6.30. The molecule has 1 aromatic rings. The number of benzene rings is 1. The van der Waals surface area contributed by atoms with Gasteiger partial charge in [-0.3, -0.25) is 9.69 Å². The van der Waals surface area contributed by atoms with E-state index < -0.39 is 5.60 Å². The monoisotopic (exact) mass is 421 g/mol. The van der Waals surface area contributed by atoms with Gasteiger partial charge in [-0.15, -0.1) is 0 Å². The molecule has 3 rings (SSSR count). The summed E-state index contributed by atoms with van der Waals surface area (Å²) >= 11 is 6.07. The van der Waals surface area contributed by atoms with Crippen molar-refractivity contribution in [2.24, 2.45) is 5.92 Å². The molecule has 0 radical (unpaired) electrons. The molecule has 0 saturated carbocycles. The summed E-state index contributed by atoms with van der Waals surface area (Å²) in [6.07, 6.45) is 1.14. The number of amides is 2. The number of ether oxygens (including phenoxy) is 1. The maximum absolute atomic E-state index is 12.9. The lowest BCUT2D eigenvalue weighted by Gasteiger charge is -2.38. The second kappa shape index (κ2) is 9.35. The van der Waals surface area contributed by atoms with Crippen LogP contribution in [-0.2, 0) is 16.1 Å². The summed E-state index contributed by atoms with van der Waals surface area (Å²) in [6, 6.07) is 7.94. The Bertz CT molecular complexity index is 718. The maximum Gasteiger partial charge on any atom is 0.410 e. The number of piperazine rings is 1. The molecule has 0 unspecified atom stereocenters. The number of hydrogen-bond acceptors (Lipinski definition) is 4. The van der Waals surface area contributed by atoms with E-state index in [0.29, 0.717) is 25.9 Å². The van der Waals surface area contributed by atoms with Crippen LogP contribution in [0.3, 0.4) is 0 Å². The lowest BCUT2D eigenvalue weighted by molar-refractivity contribution is -0.139. The quantitative estimate of drug-likeness (QED) is 0.747. The SMILES string of the molecule is CC(C)(C)OC(=O)N1CCC(C(=O)N2CCN(Cc3cccc(Cl)c3)CC2)CC1. The molecule has 7 heteroatoms. The fourth-order valence-corrected chi connectivity index (χ4v) is 4.13. The third kappa shape index (κ3) is 6.34. The van der Waals surface area contributed by atoms with Crippen molar-refractivity contribution in [3.05, 3.63) is 34.9 Å². The van der Waals surface area contributed by atoms with Crippen LogP contribution in [0.5, 0.6) is 0 Å². The molecule has 0 aromatic heterocycles. The molecule has 0 N–H and O–H groups in total. The summed E-state index contributed by atoms with van der Waals surface area (Å²) in [7, 11) is 0. The number of piperidine rings is 1. The van der Waals surface area contributed by atoms with Gasteiger partial charge in [0.1, 0.15) is 5.60 Å². The van der Waals surface area contributed by atoms with E-state index in [9.17, 15) is 9.59 Å². The first-order valence-electron chi connectivity index (χ1n) is 10.4. The summed E-state index contributed by atoms with van der Waals surface area (Å²) in [5, 5.41) is 0.758. The largest absolute Gasteiger partial charge is 0.444 e. The summed E-state index contributed by atoms with van der Waals surface area (Å²) in [4.78, 5) is 31.2. The van der Waals surface area contributed by atoms with Crippen molar-refractivity contribution in [3.8, 4) is 0 Å². The molecule has 2 fully saturated rings. The van der Waals surface area contributed by atoms with Gasteiger partial charge in [-0.25, -0.2) is 4.79 Å². The third-order valence-electron chi connectivity index (χ3n) is 5.48. The average Bonchev–Trinajstić information content (AvgIpc) is 2.67. The second-order valence-electron chi connectivity index (χ2n) is 8.97. The zero-order valence-corrected chi connectivity index (χ0v) is 18.5. The Morgan fingerprint density at radius 3 is 2.28 bits per heavy atom. The van der Waals surface area contributed by atoms with E-state index in [4.69, 9.17) is 16.3 Å². The molecule has 1 aromatic carbocycles. The van der Waals surface area contributed by atoms with Crippen LogP contribution < -0.4 is 0 Å². The van der Waals surface area contributed by atoms with Gasteiger partial charge in [-0.2, -0.15) is 0 Å². The van der Waals surface area contributed by atoms with Crippen molar-refractivity contribution in [3.63, 3.8) is 0 Å². The summed E-state index contributed by atoms with van der Waals surface area (Å²) in [5.41, 5.74) is 0.709. The van der Waals surface area contributed by atoms with Gasteiger partial charge in [0.15, 0.2) is 0 Å². The Balaban J connectivity index is 1.42. The van der Waals surface area contributed by atoms with Gasteiger partial charge in [0, 0.05) is 56.8 Å². The van der Waals surface area contributed by atoms with E-state index in [0.717, 1.165) is 37.7 Å². The number of carbonyl (C=O) groups excluding carboxylic acids is 2. The minimum absolute atomic E-state index is 0.00756. The highest BCUT2D eigenvalue weighted by atomic mass is 35.5. The number of hydrogen-bond donors (Lipinski definition) is 0. The molecule has 0 spiro atoms. The van der Waals surface area contributed by atoms with Crippen LogP contribution >= 0.6 is 11.6 Å². The van der Waals surface area contributed by atoms with E-state index in [1.165, 1.54) is 5.56 Å². The van der Waals surface area contributed by atoms with Crippen LogP contribution in [0.2, 0.25) is 5.02 Å². The highest BCUT2D eigenvalue weighted by Crippen LogP contribution is 2.23. The average molecular weight is 422 g/mol. The van der Waals surface area contributed by atoms with Crippen molar-refractivity contribution >= 4 is 23.6 Å². The van der Waals surface area contributed by atoms with Crippen LogP contribution in [0.15, 0.2) is 24.3 Å². The standard InChI is InChI=1S/C22H32ClN3O3/c1-22(2,3)29-21(28)26-9-7-18(8-10-26)20(27)25-13-11-24(12-14-25)16-17-5-4-6-19(23)15-17/h4-6,15,18H,7-14,16H2,1-3H3. The Morgan fingerprint density at radius 2 is 1.69 bits per heavy atom. The lowest BCUT2D eigenvalue weighted by atomic mass is 9.95. The minimum atomic E-state index is -0.492. The minimum Gasteiger partial charge on any atom is -0.444 e. The molecule has 2 heterocycles. The molecule has 2 saturated heterocycles. The Labute approximate surface area is 178 Å². The molecular weight excluding hydrogens is 390 g/mol. The predicted octanol–water partition coefficient (Wildman–Crippen LogP) is 3.63. The zero-order valence-electron chi connectivity index (χ0n) is 17.7. The molecule has 6 nitrogen and oxygen atoms in total. The van der Waals surface area contributed by atoms with Crippen LogP contribution in [-0.4, -0.2) is 71.6 Å². The predicted molar refractivity (Wildman–Crippen MR) is 114 cm³/mol. The van der Waals surface area contributed by atoms with E-state index in [2.05, 4.69) is 11.0 Å². The van der Waals surface area contributed by atoms with Gasteiger partial charge < -0.3 is 14.5 Å². The molecule has 0 bridgehead atoms. The van der Waals surface area contributed by atoms with Crippen molar-refractivity contribution < 1.29 is 14.3 Å². The number of carbonyl (C=O) groups is 2. The molecule has 2 aliphatic heterocycles. The number of nitrogens with zero attached hydrogens (tertiary/aromatic N) is 3. The van der Waals surface area contributed by atoms with Crippen LogP contribution in [0.1, 0.15) is 39.2 Å². The van der Waals surface area contributed by atoms with Crippen molar-refractivity contribution in [2.45, 2.75) is 45.8 Å². The number of likely N-dealkylation sites (tertiary alicyclic amines) is 1. The number of rotatable bonds is 3. The van der Waals surface area contributed by atoms with Gasteiger partial charge >= 0.3 is 6.09 Å². The van der Waals surface area contributed by atoms with Gasteiger partial charge in [0.05, 0.1) is 0 Å². The number of halogens is 1. The van der Waals surface area contributed by atoms with Crippen LogP contribution in [0.4, 0.5) is 4.79 Å². The van der Waals surface area contributed by atoms with E-state index in [1.54, 1.807) is 4.90 Å². The maximum atomic E-state index is 12.9. The first kappa shape index (κ1) is 21.9. The van der Waals surface area contributed by atoms with Gasteiger partial charge in [-0.1, -0.05) is 23.7 Å². The van der Waals surface area contributed by atoms with E-state index in [1.807, 2.05) is 43.9 Å². The summed E-state index contributed by atoms with van der Waals surface area (Å²) in [5.74, 6) is 0.240. The first-order chi connectivity index (χ1) is 13.7. The molecule has 0 aliphatic carbocycles. The van der Waals surface area contributed by atoms with Crippen LogP contribution in [0, 0.1) is 5.92 Å². The highest BCUT2D eigenvalue weighted by Gasteiger charge is 2.33. The second-order valence-corrected chi connectivity index (χ2v) is 9.41. The van der Waals surface area contributed by atoms with E-state index >= 15 is 0 Å². The fraction of sp³-hybridized carbons (Fsp3) is 0.636. The Morgan fingerprint density at radius 1 is 1.03 bits per heavy atom. The van der Waals surface area contributed by atoms with Gasteiger partial charge in [0.25, 0.3) is 0 Å². The van der Waals surface area contributed by atoms with E-state index in [-0.39, 0.29) is 17.9 Å². The van der Waals surface area contributed by atoms with Crippen molar-refractivity contribution in [1.82, 2.24) is 14.7 Å². The van der Waals surface area contributed by atoms with Gasteiger partial charge in [-0.05, 0) is 51.3 Å². The van der Waals surface area contributed by atoms with Crippen molar-refractivity contribution in [2.75, 3.05) is 39.3 Å². The fourth-order valence-electron chi connectivity index (χ4n) is 3.91. The molecule has 2 aliphatic rings. The Hall–Kier alpha value is -1.79. The Kier molecular flexibility index (Phi) is 7.06. The molecular formula is C22H32ClN3O3. The van der Waals surface area contributed by atoms with Crippen molar-refractivity contribution in [1.29, 1.82) is 0 Å².